The first-order valence-corrected chi connectivity index (χ1v) is 9.10. The third-order valence-electron chi connectivity index (χ3n) is 3.87. The van der Waals surface area contributed by atoms with Gasteiger partial charge in [0.25, 0.3) is 0 Å². The van der Waals surface area contributed by atoms with Gasteiger partial charge in [-0.25, -0.2) is 0 Å². The van der Waals surface area contributed by atoms with Crippen molar-refractivity contribution < 1.29 is 19.5 Å². The van der Waals surface area contributed by atoms with E-state index in [1.54, 1.807) is 60.7 Å². The Morgan fingerprint density at radius 1 is 0.708 bits per heavy atom. The molecule has 0 aliphatic carbocycles. The molecule has 4 nitrogen and oxygen atoms in total. The number of benzene rings is 3. The molecule has 0 saturated carbocycles. The Balaban J connectivity index is 2.41. The maximum Gasteiger partial charge on any atom is 0.181 e. The van der Waals surface area contributed by atoms with Gasteiger partial charge < -0.3 is 19.5 Å². The first-order chi connectivity index (χ1) is 11.6. The quantitative estimate of drug-likeness (QED) is 0.717. The molecule has 0 radical (unpaired) electrons. The van der Waals surface area contributed by atoms with Crippen LogP contribution in [0.2, 0.25) is 0 Å². The van der Waals surface area contributed by atoms with Crippen LogP contribution in [0.25, 0.3) is 0 Å². The predicted octanol–water partition coefficient (Wildman–Crippen LogP) is 2.75. The molecule has 0 aliphatic heterocycles. The molecule has 24 heavy (non-hydrogen) atoms. The van der Waals surface area contributed by atoms with Crippen molar-refractivity contribution in [2.75, 3.05) is 7.11 Å². The van der Waals surface area contributed by atoms with Gasteiger partial charge in [0.15, 0.2) is 7.14 Å². The SMILES string of the molecule is COc1ccccc1P(=O)(c1ccccc1O)c1ccccc1O. The lowest BCUT2D eigenvalue weighted by Crippen LogP contribution is -2.26. The van der Waals surface area contributed by atoms with Gasteiger partial charge in [-0.1, -0.05) is 36.4 Å². The number of para-hydroxylation sites is 3. The van der Waals surface area contributed by atoms with Crippen molar-refractivity contribution in [1.29, 1.82) is 0 Å². The zero-order valence-corrected chi connectivity index (χ0v) is 14.0. The van der Waals surface area contributed by atoms with Crippen LogP contribution in [0.15, 0.2) is 72.8 Å². The topological polar surface area (TPSA) is 66.8 Å². The summed E-state index contributed by atoms with van der Waals surface area (Å²) in [5, 5.41) is 21.6. The van der Waals surface area contributed by atoms with Crippen LogP contribution in [0.3, 0.4) is 0 Å². The van der Waals surface area contributed by atoms with Crippen LogP contribution in [0.4, 0.5) is 0 Å². The first kappa shape index (κ1) is 16.2. The Kier molecular flexibility index (Phi) is 4.32. The van der Waals surface area contributed by atoms with E-state index in [0.717, 1.165) is 0 Å². The molecule has 3 aromatic rings. The van der Waals surface area contributed by atoms with Gasteiger partial charge in [-0.3, -0.25) is 0 Å². The lowest BCUT2D eigenvalue weighted by molar-refractivity contribution is 0.418. The van der Waals surface area contributed by atoms with Crippen LogP contribution in [0.5, 0.6) is 17.2 Å². The molecule has 0 fully saturated rings. The largest absolute Gasteiger partial charge is 0.507 e. The number of rotatable bonds is 4. The maximum atomic E-state index is 14.2. The minimum absolute atomic E-state index is 0.0880. The highest BCUT2D eigenvalue weighted by atomic mass is 31.2. The molecule has 3 aromatic carbocycles. The van der Waals surface area contributed by atoms with Crippen LogP contribution < -0.4 is 20.7 Å². The van der Waals surface area contributed by atoms with E-state index in [4.69, 9.17) is 4.74 Å². The van der Waals surface area contributed by atoms with Gasteiger partial charge in [0.05, 0.1) is 23.0 Å². The predicted molar refractivity (Wildman–Crippen MR) is 95.7 cm³/mol. The van der Waals surface area contributed by atoms with E-state index in [1.807, 2.05) is 0 Å². The minimum atomic E-state index is -3.53. The van der Waals surface area contributed by atoms with Crippen LogP contribution in [-0.4, -0.2) is 17.3 Å². The summed E-state index contributed by atoms with van der Waals surface area (Å²) in [6, 6.07) is 19.9. The van der Waals surface area contributed by atoms with Crippen molar-refractivity contribution in [2.45, 2.75) is 0 Å². The number of methoxy groups -OCH3 is 1. The lowest BCUT2D eigenvalue weighted by atomic mass is 10.3. The number of aromatic hydroxyl groups is 2. The molecule has 0 saturated heterocycles. The second kappa shape index (κ2) is 6.42. The molecule has 0 unspecified atom stereocenters. The number of phenolic OH excluding ortho intramolecular Hbond substituents is 2. The summed E-state index contributed by atoms with van der Waals surface area (Å²) in [5.41, 5.74) is 0. The molecular weight excluding hydrogens is 323 g/mol. The Bertz CT molecular complexity index is 871. The average Bonchev–Trinajstić information content (AvgIpc) is 2.62. The number of hydrogen-bond donors (Lipinski definition) is 2. The maximum absolute atomic E-state index is 14.2. The van der Waals surface area contributed by atoms with Gasteiger partial charge in [0.1, 0.15) is 17.2 Å². The fraction of sp³-hybridized carbons (Fsp3) is 0.0526. The van der Waals surface area contributed by atoms with Crippen LogP contribution in [-0.2, 0) is 4.57 Å². The third kappa shape index (κ3) is 2.55. The first-order valence-electron chi connectivity index (χ1n) is 7.40. The van der Waals surface area contributed by atoms with Crippen LogP contribution >= 0.6 is 7.14 Å². The van der Waals surface area contributed by atoms with E-state index in [1.165, 1.54) is 19.2 Å². The van der Waals surface area contributed by atoms with E-state index in [2.05, 4.69) is 0 Å². The molecule has 0 aromatic heterocycles. The van der Waals surface area contributed by atoms with E-state index >= 15 is 0 Å². The highest BCUT2D eigenvalue weighted by Crippen LogP contribution is 2.49. The summed E-state index contributed by atoms with van der Waals surface area (Å²) < 4.78 is 19.6. The molecule has 0 bridgehead atoms. The Labute approximate surface area is 140 Å². The third-order valence-corrected chi connectivity index (χ3v) is 7.03. The molecule has 5 heteroatoms. The summed E-state index contributed by atoms with van der Waals surface area (Å²) >= 11 is 0. The van der Waals surface area contributed by atoms with Crippen molar-refractivity contribution in [3.63, 3.8) is 0 Å². The lowest BCUT2D eigenvalue weighted by Gasteiger charge is -2.23. The molecule has 0 spiro atoms. The second-order valence-electron chi connectivity index (χ2n) is 5.26. The Morgan fingerprint density at radius 2 is 1.12 bits per heavy atom. The number of hydrogen-bond acceptors (Lipinski definition) is 4. The van der Waals surface area contributed by atoms with E-state index in [0.29, 0.717) is 11.1 Å². The van der Waals surface area contributed by atoms with Crippen molar-refractivity contribution in [1.82, 2.24) is 0 Å². The highest BCUT2D eigenvalue weighted by Gasteiger charge is 2.36. The van der Waals surface area contributed by atoms with Gasteiger partial charge in [-0.05, 0) is 36.4 Å². The van der Waals surface area contributed by atoms with Gasteiger partial charge in [0.2, 0.25) is 0 Å². The van der Waals surface area contributed by atoms with E-state index in [-0.39, 0.29) is 22.1 Å². The van der Waals surface area contributed by atoms with Crippen molar-refractivity contribution in [3.8, 4) is 17.2 Å². The summed E-state index contributed by atoms with van der Waals surface area (Å²) in [6.07, 6.45) is 0. The monoisotopic (exact) mass is 340 g/mol. The second-order valence-corrected chi connectivity index (χ2v) is 7.92. The van der Waals surface area contributed by atoms with Crippen molar-refractivity contribution in [2.24, 2.45) is 0 Å². The molecule has 3 rings (SSSR count). The molecule has 122 valence electrons. The Hall–Kier alpha value is -2.71. The smallest absolute Gasteiger partial charge is 0.181 e. The van der Waals surface area contributed by atoms with Gasteiger partial charge in [0, 0.05) is 0 Å². The molecule has 0 aliphatic rings. The summed E-state index contributed by atoms with van der Waals surface area (Å²) in [7, 11) is -2.03. The number of phenols is 2. The average molecular weight is 340 g/mol. The van der Waals surface area contributed by atoms with Gasteiger partial charge >= 0.3 is 0 Å². The Morgan fingerprint density at radius 3 is 1.58 bits per heavy atom. The zero-order chi connectivity index (χ0) is 17.2. The van der Waals surface area contributed by atoms with E-state index in [9.17, 15) is 14.8 Å². The minimum Gasteiger partial charge on any atom is -0.507 e. The van der Waals surface area contributed by atoms with Crippen molar-refractivity contribution in [3.05, 3.63) is 72.8 Å². The summed E-state index contributed by atoms with van der Waals surface area (Å²) in [6.45, 7) is 0. The zero-order valence-electron chi connectivity index (χ0n) is 13.1. The highest BCUT2D eigenvalue weighted by molar-refractivity contribution is 7.85. The molecule has 0 heterocycles. The molecule has 0 atom stereocenters. The molecule has 0 amide bonds. The van der Waals surface area contributed by atoms with Crippen molar-refractivity contribution >= 4 is 23.1 Å². The van der Waals surface area contributed by atoms with Crippen LogP contribution in [0.1, 0.15) is 0 Å². The molecule has 2 N–H and O–H groups in total. The van der Waals surface area contributed by atoms with Gasteiger partial charge in [-0.2, -0.15) is 0 Å². The fourth-order valence-corrected chi connectivity index (χ4v) is 5.68. The molecular formula is C19H17O4P. The number of ether oxygens (including phenoxy) is 1. The normalized spacial score (nSPS) is 11.2. The van der Waals surface area contributed by atoms with E-state index < -0.39 is 7.14 Å². The fourth-order valence-electron chi connectivity index (χ4n) is 2.74. The summed E-state index contributed by atoms with van der Waals surface area (Å²) in [5.74, 6) is 0.261. The van der Waals surface area contributed by atoms with Gasteiger partial charge in [-0.15, -0.1) is 0 Å². The van der Waals surface area contributed by atoms with Crippen LogP contribution in [0, 0.1) is 0 Å². The summed E-state index contributed by atoms with van der Waals surface area (Å²) in [4.78, 5) is 0. The standard InChI is InChI=1S/C19H17O4P/c1-23-16-10-4-7-13-19(16)24(22,17-11-5-2-8-14(17)20)18-12-6-3-9-15(18)21/h2-13,20-21H,1H3.